The van der Waals surface area contributed by atoms with Crippen molar-refractivity contribution >= 4 is 23.5 Å². The van der Waals surface area contributed by atoms with Crippen molar-refractivity contribution in [2.75, 3.05) is 0 Å². The minimum Gasteiger partial charge on any atom is -0.185 e. The maximum atomic E-state index is 8.55. The first kappa shape index (κ1) is 15.5. The zero-order chi connectivity index (χ0) is 14.9. The van der Waals surface area contributed by atoms with E-state index in [1.165, 1.54) is 45.8 Å². The van der Waals surface area contributed by atoms with Gasteiger partial charge in [0.05, 0.1) is 0 Å². The third kappa shape index (κ3) is 5.19. The standard InChI is InChI=1S/C17H14N2S2/c18-12-20-10-16-5-1-14(2-6-16)9-15-3-7-17(8-4-15)11-21-13-19/h1-8H,9-11H2. The molecule has 0 bridgehead atoms. The minimum absolute atomic E-state index is 0.738. The van der Waals surface area contributed by atoms with Crippen molar-refractivity contribution in [3.05, 3.63) is 70.8 Å². The van der Waals surface area contributed by atoms with Gasteiger partial charge in [0.2, 0.25) is 0 Å². The molecule has 0 atom stereocenters. The van der Waals surface area contributed by atoms with Crippen molar-refractivity contribution in [3.63, 3.8) is 0 Å². The second-order valence-electron chi connectivity index (χ2n) is 4.57. The van der Waals surface area contributed by atoms with E-state index in [2.05, 4.69) is 59.3 Å². The number of thioether (sulfide) groups is 2. The molecule has 0 amide bonds. The Balaban J connectivity index is 1.95. The summed E-state index contributed by atoms with van der Waals surface area (Å²) in [6, 6.07) is 16.8. The molecular weight excluding hydrogens is 296 g/mol. The first-order valence-electron chi connectivity index (χ1n) is 6.49. The number of nitrogens with zero attached hydrogens (tertiary/aromatic N) is 2. The number of hydrogen-bond acceptors (Lipinski definition) is 4. The smallest absolute Gasteiger partial charge is 0.133 e. The van der Waals surface area contributed by atoms with Crippen LogP contribution in [0.4, 0.5) is 0 Å². The van der Waals surface area contributed by atoms with Crippen LogP contribution in [0.15, 0.2) is 48.5 Å². The molecule has 0 aliphatic rings. The molecule has 0 aromatic heterocycles. The summed E-state index contributed by atoms with van der Waals surface area (Å²) in [7, 11) is 0. The fourth-order valence-electron chi connectivity index (χ4n) is 1.97. The minimum atomic E-state index is 0.738. The highest BCUT2D eigenvalue weighted by Gasteiger charge is 1.99. The molecule has 0 saturated carbocycles. The summed E-state index contributed by atoms with van der Waals surface area (Å²) >= 11 is 2.52. The van der Waals surface area contributed by atoms with Gasteiger partial charge in [-0.2, -0.15) is 10.5 Å². The molecule has 0 aliphatic carbocycles. The third-order valence-corrected chi connectivity index (χ3v) is 4.27. The molecule has 0 spiro atoms. The summed E-state index contributed by atoms with van der Waals surface area (Å²) in [6.07, 6.45) is 0.900. The lowest BCUT2D eigenvalue weighted by Gasteiger charge is -2.05. The van der Waals surface area contributed by atoms with E-state index in [-0.39, 0.29) is 0 Å². The van der Waals surface area contributed by atoms with Crippen molar-refractivity contribution in [2.24, 2.45) is 0 Å². The van der Waals surface area contributed by atoms with Gasteiger partial charge in [0.25, 0.3) is 0 Å². The van der Waals surface area contributed by atoms with Gasteiger partial charge in [0, 0.05) is 11.5 Å². The van der Waals surface area contributed by atoms with Crippen molar-refractivity contribution in [1.82, 2.24) is 0 Å². The molecule has 2 rings (SSSR count). The van der Waals surface area contributed by atoms with E-state index in [9.17, 15) is 0 Å². The van der Waals surface area contributed by atoms with E-state index in [1.807, 2.05) is 0 Å². The second-order valence-corrected chi connectivity index (χ2v) is 6.09. The van der Waals surface area contributed by atoms with E-state index < -0.39 is 0 Å². The van der Waals surface area contributed by atoms with Crippen LogP contribution in [-0.2, 0) is 17.9 Å². The number of thiocyanates is 2. The Hall–Kier alpha value is -1.88. The van der Waals surface area contributed by atoms with Crippen molar-refractivity contribution in [3.8, 4) is 10.8 Å². The Bertz CT molecular complexity index is 590. The maximum absolute atomic E-state index is 8.55. The molecular formula is C17H14N2S2. The van der Waals surface area contributed by atoms with Gasteiger partial charge in [0.1, 0.15) is 10.8 Å². The molecule has 2 aromatic carbocycles. The van der Waals surface area contributed by atoms with Crippen LogP contribution < -0.4 is 0 Å². The molecule has 2 nitrogen and oxygen atoms in total. The van der Waals surface area contributed by atoms with E-state index in [1.54, 1.807) is 0 Å². The quantitative estimate of drug-likeness (QED) is 0.725. The van der Waals surface area contributed by atoms with Crippen LogP contribution in [0.2, 0.25) is 0 Å². The summed E-state index contributed by atoms with van der Waals surface area (Å²) in [6.45, 7) is 0. The topological polar surface area (TPSA) is 47.6 Å². The predicted octanol–water partition coefficient (Wildman–Crippen LogP) is 4.71. The molecule has 0 N–H and O–H groups in total. The van der Waals surface area contributed by atoms with Gasteiger partial charge in [-0.15, -0.1) is 0 Å². The molecule has 104 valence electrons. The van der Waals surface area contributed by atoms with Gasteiger partial charge in [-0.1, -0.05) is 48.5 Å². The predicted molar refractivity (Wildman–Crippen MR) is 89.5 cm³/mol. The Labute approximate surface area is 133 Å². The molecule has 0 unspecified atom stereocenters. The molecule has 0 heterocycles. The lowest BCUT2D eigenvalue weighted by atomic mass is 10.0. The first-order chi connectivity index (χ1) is 10.3. The average Bonchev–Trinajstić information content (AvgIpc) is 2.53. The summed E-state index contributed by atoms with van der Waals surface area (Å²) in [5.41, 5.74) is 4.88. The molecule has 0 fully saturated rings. The highest BCUT2D eigenvalue weighted by atomic mass is 32.2. The fourth-order valence-corrected chi connectivity index (χ4v) is 2.82. The maximum Gasteiger partial charge on any atom is 0.133 e. The van der Waals surface area contributed by atoms with Crippen LogP contribution in [0.3, 0.4) is 0 Å². The van der Waals surface area contributed by atoms with Crippen LogP contribution in [0.1, 0.15) is 22.3 Å². The van der Waals surface area contributed by atoms with Crippen LogP contribution in [0.25, 0.3) is 0 Å². The lowest BCUT2D eigenvalue weighted by molar-refractivity contribution is 1.18. The number of nitriles is 2. The van der Waals surface area contributed by atoms with Gasteiger partial charge in [-0.3, -0.25) is 0 Å². The van der Waals surface area contributed by atoms with Crippen molar-refractivity contribution < 1.29 is 0 Å². The molecule has 0 aliphatic heterocycles. The fraction of sp³-hybridized carbons (Fsp3) is 0.176. The van der Waals surface area contributed by atoms with Gasteiger partial charge >= 0.3 is 0 Å². The highest BCUT2D eigenvalue weighted by molar-refractivity contribution is 8.03. The van der Waals surface area contributed by atoms with Crippen LogP contribution in [0, 0.1) is 21.3 Å². The zero-order valence-electron chi connectivity index (χ0n) is 11.5. The Morgan fingerprint density at radius 1 is 0.619 bits per heavy atom. The Kier molecular flexibility index (Phi) is 6.22. The number of rotatable bonds is 6. The third-order valence-electron chi connectivity index (χ3n) is 3.06. The van der Waals surface area contributed by atoms with Gasteiger partial charge in [0.15, 0.2) is 0 Å². The van der Waals surface area contributed by atoms with Crippen molar-refractivity contribution in [2.45, 2.75) is 17.9 Å². The van der Waals surface area contributed by atoms with E-state index >= 15 is 0 Å². The summed E-state index contributed by atoms with van der Waals surface area (Å²) < 4.78 is 0. The van der Waals surface area contributed by atoms with Crippen LogP contribution in [-0.4, -0.2) is 0 Å². The summed E-state index contributed by atoms with van der Waals surface area (Å²) in [5, 5.41) is 21.3. The Morgan fingerprint density at radius 2 is 0.952 bits per heavy atom. The Morgan fingerprint density at radius 3 is 1.29 bits per heavy atom. The molecule has 2 aromatic rings. The van der Waals surface area contributed by atoms with Crippen LogP contribution in [0.5, 0.6) is 0 Å². The van der Waals surface area contributed by atoms with Gasteiger partial charge in [-0.05, 0) is 52.2 Å². The van der Waals surface area contributed by atoms with E-state index in [4.69, 9.17) is 10.5 Å². The SMILES string of the molecule is N#CSCc1ccc(Cc2ccc(CSC#N)cc2)cc1. The first-order valence-corrected chi connectivity index (χ1v) is 8.46. The number of benzene rings is 2. The summed E-state index contributed by atoms with van der Waals surface area (Å²) in [4.78, 5) is 0. The highest BCUT2D eigenvalue weighted by Crippen LogP contribution is 2.16. The molecule has 21 heavy (non-hydrogen) atoms. The number of hydrogen-bond donors (Lipinski definition) is 0. The zero-order valence-corrected chi connectivity index (χ0v) is 13.1. The average molecular weight is 310 g/mol. The van der Waals surface area contributed by atoms with E-state index in [0.29, 0.717) is 0 Å². The summed E-state index contributed by atoms with van der Waals surface area (Å²) in [5.74, 6) is 1.48. The monoisotopic (exact) mass is 310 g/mol. The molecule has 0 radical (unpaired) electrons. The van der Waals surface area contributed by atoms with Crippen molar-refractivity contribution in [1.29, 1.82) is 10.5 Å². The molecule has 0 saturated heterocycles. The van der Waals surface area contributed by atoms with Gasteiger partial charge < -0.3 is 0 Å². The lowest BCUT2D eigenvalue weighted by Crippen LogP contribution is -1.90. The van der Waals surface area contributed by atoms with E-state index in [0.717, 1.165) is 17.9 Å². The van der Waals surface area contributed by atoms with Crippen LogP contribution >= 0.6 is 23.5 Å². The normalized spacial score (nSPS) is 9.81. The van der Waals surface area contributed by atoms with Gasteiger partial charge in [-0.25, -0.2) is 0 Å². The second kappa shape index (κ2) is 8.42. The molecule has 4 heteroatoms. The largest absolute Gasteiger partial charge is 0.185 e.